The topological polar surface area (TPSA) is 87.4 Å². The smallest absolute Gasteiger partial charge is 0.320 e. The van der Waals surface area contributed by atoms with Crippen molar-refractivity contribution in [1.82, 2.24) is 10.5 Å². The standard InChI is InChI=1S/C9H15N3O3/c1-3-7(5-13)10-9(14)11-8-4-6(2)15-12-8/h4,7,13H,3,5H2,1-2H3,(H2,10,11,12,14)/t7-/m0/s1. The van der Waals surface area contributed by atoms with E-state index in [2.05, 4.69) is 15.8 Å². The molecule has 0 unspecified atom stereocenters. The van der Waals surface area contributed by atoms with Gasteiger partial charge in [-0.15, -0.1) is 0 Å². The van der Waals surface area contributed by atoms with Gasteiger partial charge in [-0.2, -0.15) is 0 Å². The SMILES string of the molecule is CC[C@@H](CO)NC(=O)Nc1cc(C)on1. The van der Waals surface area contributed by atoms with Crippen molar-refractivity contribution >= 4 is 11.8 Å². The van der Waals surface area contributed by atoms with Crippen molar-refractivity contribution in [2.75, 3.05) is 11.9 Å². The fraction of sp³-hybridized carbons (Fsp3) is 0.556. The Morgan fingerprint density at radius 2 is 2.47 bits per heavy atom. The highest BCUT2D eigenvalue weighted by Crippen LogP contribution is 2.06. The third-order valence-electron chi connectivity index (χ3n) is 1.92. The second kappa shape index (κ2) is 5.35. The fourth-order valence-electron chi connectivity index (χ4n) is 1.04. The van der Waals surface area contributed by atoms with Crippen molar-refractivity contribution in [3.8, 4) is 0 Å². The van der Waals surface area contributed by atoms with Gasteiger partial charge in [-0.25, -0.2) is 4.79 Å². The Morgan fingerprint density at radius 1 is 1.73 bits per heavy atom. The van der Waals surface area contributed by atoms with Gasteiger partial charge in [0.05, 0.1) is 12.6 Å². The fourth-order valence-corrected chi connectivity index (χ4v) is 1.04. The lowest BCUT2D eigenvalue weighted by molar-refractivity contribution is 0.222. The molecule has 0 aliphatic heterocycles. The molecule has 0 aliphatic rings. The highest BCUT2D eigenvalue weighted by atomic mass is 16.5. The van der Waals surface area contributed by atoms with Crippen LogP contribution in [0.5, 0.6) is 0 Å². The lowest BCUT2D eigenvalue weighted by Gasteiger charge is -2.13. The van der Waals surface area contributed by atoms with Gasteiger partial charge in [-0.1, -0.05) is 12.1 Å². The lowest BCUT2D eigenvalue weighted by atomic mass is 10.2. The zero-order valence-corrected chi connectivity index (χ0v) is 8.78. The van der Waals surface area contributed by atoms with Gasteiger partial charge in [0.2, 0.25) is 0 Å². The van der Waals surface area contributed by atoms with E-state index in [0.29, 0.717) is 18.0 Å². The molecule has 0 fully saturated rings. The summed E-state index contributed by atoms with van der Waals surface area (Å²) in [5.41, 5.74) is 0. The van der Waals surface area contributed by atoms with E-state index in [1.807, 2.05) is 6.92 Å². The number of hydrogen-bond acceptors (Lipinski definition) is 4. The summed E-state index contributed by atoms with van der Waals surface area (Å²) < 4.78 is 4.78. The Hall–Kier alpha value is -1.56. The summed E-state index contributed by atoms with van der Waals surface area (Å²) in [4.78, 5) is 11.3. The van der Waals surface area contributed by atoms with E-state index < -0.39 is 6.03 Å². The molecular weight excluding hydrogens is 198 g/mol. The van der Waals surface area contributed by atoms with E-state index >= 15 is 0 Å². The molecule has 1 atom stereocenters. The number of aliphatic hydroxyl groups excluding tert-OH is 1. The van der Waals surface area contributed by atoms with E-state index in [0.717, 1.165) is 0 Å². The van der Waals surface area contributed by atoms with E-state index in [4.69, 9.17) is 9.63 Å². The number of carbonyl (C=O) groups excluding carboxylic acids is 1. The van der Waals surface area contributed by atoms with E-state index in [-0.39, 0.29) is 12.6 Å². The van der Waals surface area contributed by atoms with Gasteiger partial charge in [-0.05, 0) is 13.3 Å². The van der Waals surface area contributed by atoms with Crippen LogP contribution < -0.4 is 10.6 Å². The number of nitrogens with zero attached hydrogens (tertiary/aromatic N) is 1. The lowest BCUT2D eigenvalue weighted by Crippen LogP contribution is -2.39. The molecule has 0 bridgehead atoms. The first-order valence-corrected chi connectivity index (χ1v) is 4.77. The molecule has 0 saturated carbocycles. The summed E-state index contributed by atoms with van der Waals surface area (Å²) in [7, 11) is 0. The van der Waals surface area contributed by atoms with Crippen LogP contribution in [0.2, 0.25) is 0 Å². The molecule has 84 valence electrons. The highest BCUT2D eigenvalue weighted by Gasteiger charge is 2.10. The average molecular weight is 213 g/mol. The molecule has 1 aromatic heterocycles. The minimum atomic E-state index is -0.399. The van der Waals surface area contributed by atoms with Crippen LogP contribution in [0.1, 0.15) is 19.1 Å². The second-order valence-corrected chi connectivity index (χ2v) is 3.21. The number of rotatable bonds is 4. The normalized spacial score (nSPS) is 12.2. The molecular formula is C9H15N3O3. The Balaban J connectivity index is 2.42. The van der Waals surface area contributed by atoms with Crippen molar-refractivity contribution in [3.63, 3.8) is 0 Å². The van der Waals surface area contributed by atoms with Crippen molar-refractivity contribution in [2.45, 2.75) is 26.3 Å². The maximum atomic E-state index is 11.3. The van der Waals surface area contributed by atoms with E-state index in [1.165, 1.54) is 0 Å². The van der Waals surface area contributed by atoms with Crippen LogP contribution in [-0.2, 0) is 0 Å². The number of hydrogen-bond donors (Lipinski definition) is 3. The number of nitrogens with one attached hydrogen (secondary N) is 2. The Kier molecular flexibility index (Phi) is 4.11. The third-order valence-corrected chi connectivity index (χ3v) is 1.92. The van der Waals surface area contributed by atoms with Crippen LogP contribution in [0, 0.1) is 6.92 Å². The van der Waals surface area contributed by atoms with Crippen LogP contribution in [0.4, 0.5) is 10.6 Å². The molecule has 0 aromatic carbocycles. The Morgan fingerprint density at radius 3 is 2.93 bits per heavy atom. The summed E-state index contributed by atoms with van der Waals surface area (Å²) in [6.45, 7) is 3.53. The molecule has 0 spiro atoms. The summed E-state index contributed by atoms with van der Waals surface area (Å²) in [5.74, 6) is 0.984. The van der Waals surface area contributed by atoms with Gasteiger partial charge in [0.25, 0.3) is 0 Å². The van der Waals surface area contributed by atoms with Gasteiger partial charge in [-0.3, -0.25) is 5.32 Å². The van der Waals surface area contributed by atoms with Gasteiger partial charge >= 0.3 is 6.03 Å². The molecule has 1 aromatic rings. The van der Waals surface area contributed by atoms with Crippen LogP contribution in [0.3, 0.4) is 0 Å². The van der Waals surface area contributed by atoms with Crippen LogP contribution in [-0.4, -0.2) is 28.9 Å². The zero-order valence-electron chi connectivity index (χ0n) is 8.78. The predicted octanol–water partition coefficient (Wildman–Crippen LogP) is 0.875. The molecule has 6 nitrogen and oxygen atoms in total. The third kappa shape index (κ3) is 3.59. The van der Waals surface area contributed by atoms with Crippen molar-refractivity contribution < 1.29 is 14.4 Å². The molecule has 3 N–H and O–H groups in total. The number of urea groups is 1. The predicted molar refractivity (Wildman–Crippen MR) is 54.6 cm³/mol. The van der Waals surface area contributed by atoms with Crippen LogP contribution >= 0.6 is 0 Å². The van der Waals surface area contributed by atoms with E-state index in [9.17, 15) is 4.79 Å². The Bertz CT molecular complexity index is 320. The molecule has 1 rings (SSSR count). The summed E-state index contributed by atoms with van der Waals surface area (Å²) in [6.07, 6.45) is 0.668. The van der Waals surface area contributed by atoms with Crippen molar-refractivity contribution in [1.29, 1.82) is 0 Å². The minimum absolute atomic E-state index is 0.0816. The summed E-state index contributed by atoms with van der Waals surface area (Å²) >= 11 is 0. The largest absolute Gasteiger partial charge is 0.394 e. The van der Waals surface area contributed by atoms with Crippen molar-refractivity contribution in [2.24, 2.45) is 0 Å². The molecule has 0 aliphatic carbocycles. The molecule has 0 saturated heterocycles. The van der Waals surface area contributed by atoms with Gasteiger partial charge < -0.3 is 14.9 Å². The molecule has 0 radical (unpaired) electrons. The highest BCUT2D eigenvalue weighted by molar-refractivity contribution is 5.88. The number of amides is 2. The average Bonchev–Trinajstić information content (AvgIpc) is 2.60. The van der Waals surface area contributed by atoms with Crippen LogP contribution in [0.25, 0.3) is 0 Å². The number of anilines is 1. The quantitative estimate of drug-likeness (QED) is 0.692. The van der Waals surface area contributed by atoms with Crippen LogP contribution in [0.15, 0.2) is 10.6 Å². The first kappa shape index (κ1) is 11.5. The number of carbonyl (C=O) groups is 1. The number of aromatic nitrogens is 1. The molecule has 2 amide bonds. The van der Waals surface area contributed by atoms with Crippen molar-refractivity contribution in [3.05, 3.63) is 11.8 Å². The first-order valence-electron chi connectivity index (χ1n) is 4.77. The van der Waals surface area contributed by atoms with Gasteiger partial charge in [0.1, 0.15) is 5.76 Å². The Labute approximate surface area is 87.6 Å². The monoisotopic (exact) mass is 213 g/mol. The first-order chi connectivity index (χ1) is 7.15. The zero-order chi connectivity index (χ0) is 11.3. The molecule has 1 heterocycles. The molecule has 15 heavy (non-hydrogen) atoms. The maximum absolute atomic E-state index is 11.3. The summed E-state index contributed by atoms with van der Waals surface area (Å²) in [6, 6.07) is 0.974. The number of aliphatic hydroxyl groups is 1. The minimum Gasteiger partial charge on any atom is -0.394 e. The molecule has 6 heteroatoms. The second-order valence-electron chi connectivity index (χ2n) is 3.21. The van der Waals surface area contributed by atoms with E-state index in [1.54, 1.807) is 13.0 Å². The summed E-state index contributed by atoms with van der Waals surface area (Å²) in [5, 5.41) is 17.6. The van der Waals surface area contributed by atoms with Gasteiger partial charge in [0, 0.05) is 6.07 Å². The number of aryl methyl sites for hydroxylation is 1. The maximum Gasteiger partial charge on any atom is 0.320 e. The van der Waals surface area contributed by atoms with Gasteiger partial charge in [0.15, 0.2) is 5.82 Å².